The SMILES string of the molecule is Nc1ccc([Si]23O[Si]4(c5ccc(N)cc5)O[Si]5(c6ccc(N)cc6)O[Si](c6ccc(N)cc6)(O2)O[Si]2(c6ccc(N)cc6)O[Si](c6ccc(N)cc6)(O3)O[Si](c3ccc(N)cc3)(O4)O[Si](c3ccc(N)cc3)(O5)O2)cc1. The minimum absolute atomic E-state index is 0.368. The molecular formula is C48H48N8O12Si8. The number of anilines is 8. The molecule has 0 spiro atoms. The molecule has 0 amide bonds. The van der Waals surface area contributed by atoms with Gasteiger partial charge in [-0.1, -0.05) is 97.1 Å². The second-order valence-electron chi connectivity index (χ2n) is 18.7. The maximum atomic E-state index is 8.10. The van der Waals surface area contributed by atoms with Crippen LogP contribution in [0.4, 0.5) is 45.5 Å². The molecule has 14 rings (SSSR count). The quantitative estimate of drug-likeness (QED) is 0.0714. The molecule has 0 unspecified atom stereocenters. The van der Waals surface area contributed by atoms with Gasteiger partial charge in [-0.05, 0) is 97.1 Å². The monoisotopic (exact) mass is 1150 g/mol. The summed E-state index contributed by atoms with van der Waals surface area (Å²) in [5.41, 5.74) is 55.3. The molecule has 6 saturated heterocycles. The summed E-state index contributed by atoms with van der Waals surface area (Å²) in [5.74, 6) is 0. The largest absolute Gasteiger partial charge is 0.515 e. The molecule has 0 aliphatic carbocycles. The van der Waals surface area contributed by atoms with Crippen molar-refractivity contribution in [1.29, 1.82) is 0 Å². The van der Waals surface area contributed by atoms with Crippen molar-refractivity contribution < 1.29 is 49.4 Å². The van der Waals surface area contributed by atoms with Crippen LogP contribution in [0.1, 0.15) is 0 Å². The fourth-order valence-corrected chi connectivity index (χ4v) is 55.4. The number of benzene rings is 8. The first-order chi connectivity index (χ1) is 36.5. The molecule has 6 heterocycles. The second kappa shape index (κ2) is 17.5. The highest BCUT2D eigenvalue weighted by Crippen LogP contribution is 2.49. The van der Waals surface area contributed by atoms with Crippen molar-refractivity contribution in [3.8, 4) is 0 Å². The first-order valence-electron chi connectivity index (χ1n) is 23.8. The van der Waals surface area contributed by atoms with Gasteiger partial charge in [0, 0.05) is 87.0 Å². The molecule has 76 heavy (non-hydrogen) atoms. The lowest BCUT2D eigenvalue weighted by atomic mass is 10.3. The molecule has 8 bridgehead atoms. The molecule has 28 heteroatoms. The summed E-state index contributed by atoms with van der Waals surface area (Å²) in [5, 5.41) is 2.95. The molecule has 0 radical (unpaired) electrons. The Hall–Kier alpha value is -6.58. The van der Waals surface area contributed by atoms with E-state index < -0.39 is 70.4 Å². The first kappa shape index (κ1) is 49.0. The van der Waals surface area contributed by atoms with Crippen LogP contribution in [0.3, 0.4) is 0 Å². The maximum absolute atomic E-state index is 8.10. The van der Waals surface area contributed by atoms with Crippen molar-refractivity contribution in [2.24, 2.45) is 0 Å². The van der Waals surface area contributed by atoms with Crippen molar-refractivity contribution in [3.05, 3.63) is 194 Å². The zero-order valence-corrected chi connectivity index (χ0v) is 48.0. The molecule has 6 fully saturated rings. The molecule has 384 valence electrons. The molecule has 0 atom stereocenters. The molecule has 6 aliphatic heterocycles. The summed E-state index contributed by atoms with van der Waals surface area (Å²) in [6, 6.07) is 55.2. The van der Waals surface area contributed by atoms with Crippen molar-refractivity contribution >= 4 is 157 Å². The Balaban J connectivity index is 1.26. The van der Waals surface area contributed by atoms with Crippen LogP contribution in [0.2, 0.25) is 0 Å². The molecule has 20 nitrogen and oxygen atoms in total. The molecule has 0 saturated carbocycles. The third kappa shape index (κ3) is 7.95. The van der Waals surface area contributed by atoms with E-state index in [0.29, 0.717) is 87.0 Å². The van der Waals surface area contributed by atoms with Crippen LogP contribution in [-0.2, 0) is 49.4 Å². The van der Waals surface area contributed by atoms with Gasteiger partial charge < -0.3 is 95.3 Å². The molecule has 8 aromatic rings. The lowest BCUT2D eigenvalue weighted by molar-refractivity contribution is -0.00294. The van der Waals surface area contributed by atoms with Gasteiger partial charge in [0.15, 0.2) is 0 Å². The van der Waals surface area contributed by atoms with Crippen LogP contribution in [0, 0.1) is 0 Å². The van der Waals surface area contributed by atoms with Gasteiger partial charge >= 0.3 is 70.4 Å². The average molecular weight is 1150 g/mol. The Morgan fingerprint density at radius 1 is 0.145 bits per heavy atom. The van der Waals surface area contributed by atoms with Crippen molar-refractivity contribution in [2.45, 2.75) is 0 Å². The fourth-order valence-electron chi connectivity index (χ4n) is 9.53. The highest BCUT2D eigenvalue weighted by atomic mass is 28.6. The minimum Gasteiger partial charge on any atom is -0.399 e. The van der Waals surface area contributed by atoms with Crippen molar-refractivity contribution in [1.82, 2.24) is 0 Å². The summed E-state index contributed by atoms with van der Waals surface area (Å²) in [7, 11) is -40.4. The van der Waals surface area contributed by atoms with E-state index in [4.69, 9.17) is 95.3 Å². The van der Waals surface area contributed by atoms with Gasteiger partial charge in [0.2, 0.25) is 0 Å². The van der Waals surface area contributed by atoms with E-state index in [9.17, 15) is 0 Å². The summed E-state index contributed by atoms with van der Waals surface area (Å²) in [6.07, 6.45) is 0. The van der Waals surface area contributed by atoms with Crippen LogP contribution >= 0.6 is 0 Å². The summed E-state index contributed by atoms with van der Waals surface area (Å²) in [4.78, 5) is 0. The van der Waals surface area contributed by atoms with Gasteiger partial charge in [0.1, 0.15) is 0 Å². The lowest BCUT2D eigenvalue weighted by Gasteiger charge is -2.62. The average Bonchev–Trinajstić information content (AvgIpc) is 2.80. The van der Waals surface area contributed by atoms with Gasteiger partial charge in [-0.2, -0.15) is 0 Å². The van der Waals surface area contributed by atoms with Crippen molar-refractivity contribution in [3.63, 3.8) is 0 Å². The minimum atomic E-state index is -5.05. The van der Waals surface area contributed by atoms with Gasteiger partial charge in [-0.25, -0.2) is 0 Å². The number of hydrogen-bond donors (Lipinski definition) is 8. The van der Waals surface area contributed by atoms with Gasteiger partial charge in [-0.3, -0.25) is 0 Å². The van der Waals surface area contributed by atoms with E-state index in [1.165, 1.54) is 0 Å². The fraction of sp³-hybridized carbons (Fsp3) is 0. The summed E-state index contributed by atoms with van der Waals surface area (Å²) < 4.78 is 97.2. The summed E-state index contributed by atoms with van der Waals surface area (Å²) >= 11 is 0. The molecule has 16 N–H and O–H groups in total. The maximum Gasteiger partial charge on any atom is 0.515 e. The number of nitrogens with two attached hydrogens (primary N) is 8. The predicted molar refractivity (Wildman–Crippen MR) is 303 cm³/mol. The van der Waals surface area contributed by atoms with E-state index in [1.54, 1.807) is 194 Å². The van der Waals surface area contributed by atoms with Gasteiger partial charge in [0.25, 0.3) is 0 Å². The van der Waals surface area contributed by atoms with Crippen molar-refractivity contribution in [2.75, 3.05) is 45.9 Å². The van der Waals surface area contributed by atoms with E-state index >= 15 is 0 Å². The lowest BCUT2D eigenvalue weighted by Crippen LogP contribution is -2.96. The first-order valence-corrected chi connectivity index (χ1v) is 37.6. The van der Waals surface area contributed by atoms with Crippen LogP contribution in [0.5, 0.6) is 0 Å². The van der Waals surface area contributed by atoms with Crippen LogP contribution in [0.25, 0.3) is 0 Å². The molecule has 8 aromatic carbocycles. The highest BCUT2D eigenvalue weighted by molar-refractivity contribution is 7.14. The van der Waals surface area contributed by atoms with Gasteiger partial charge in [-0.15, -0.1) is 0 Å². The number of hydrogen-bond acceptors (Lipinski definition) is 20. The Bertz CT molecular complexity index is 2750. The molecule has 6 aliphatic rings. The standard InChI is InChI=1S/C48H48N8O12Si8/c49-33-1-17-41(18-2-33)69-57-70(42-19-3-34(50)4-20-42)60-73(45-25-9-37(53)10-26-45)62-71(58-69,43-21-5-35(51)6-22-43)64-75(47-29-13-39(55)14-30-47)65-72(59-69,44-23-7-36(52)8-24-44)63-74(61-70,46-27-11-38(54)12-28-46)67-76(66-73,68-75)48-31-15-40(56)16-32-48/h1-32H,49-56H2. The molecule has 0 aromatic heterocycles. The Labute approximate surface area is 444 Å². The molecular weight excluding hydrogens is 1110 g/mol. The predicted octanol–water partition coefficient (Wildman–Crippen LogP) is -0.320. The zero-order valence-electron chi connectivity index (χ0n) is 40.0. The van der Waals surface area contributed by atoms with E-state index in [1.807, 2.05) is 0 Å². The Morgan fingerprint density at radius 3 is 0.303 bits per heavy atom. The van der Waals surface area contributed by atoms with Crippen LogP contribution in [0.15, 0.2) is 194 Å². The van der Waals surface area contributed by atoms with Gasteiger partial charge in [0.05, 0.1) is 0 Å². The second-order valence-corrected chi connectivity index (χ2v) is 42.0. The van der Waals surface area contributed by atoms with E-state index in [0.717, 1.165) is 0 Å². The summed E-state index contributed by atoms with van der Waals surface area (Å²) in [6.45, 7) is 0. The van der Waals surface area contributed by atoms with Crippen LogP contribution < -0.4 is 87.4 Å². The third-order valence-electron chi connectivity index (χ3n) is 13.3. The number of nitrogen functional groups attached to an aromatic ring is 8. The van der Waals surface area contributed by atoms with Crippen LogP contribution in [-0.4, -0.2) is 70.4 Å². The van der Waals surface area contributed by atoms with E-state index in [-0.39, 0.29) is 0 Å². The number of rotatable bonds is 8. The van der Waals surface area contributed by atoms with E-state index in [2.05, 4.69) is 0 Å². The Morgan fingerprint density at radius 2 is 0.224 bits per heavy atom. The Kier molecular flexibility index (Phi) is 11.3. The smallest absolute Gasteiger partial charge is 0.399 e. The topological polar surface area (TPSA) is 319 Å². The zero-order chi connectivity index (χ0) is 52.4. The highest BCUT2D eigenvalue weighted by Gasteiger charge is 2.86. The normalized spacial score (nSPS) is 31.4. The third-order valence-corrected chi connectivity index (χ3v) is 47.5.